The highest BCUT2D eigenvalue weighted by molar-refractivity contribution is 5.74. The second kappa shape index (κ2) is 6.32. The number of anilines is 1. The Morgan fingerprint density at radius 3 is 2.68 bits per heavy atom. The lowest BCUT2D eigenvalue weighted by Crippen LogP contribution is -2.30. The number of fused-ring (bicyclic) bond motifs is 1. The highest BCUT2D eigenvalue weighted by Crippen LogP contribution is 2.15. The van der Waals surface area contributed by atoms with Crippen molar-refractivity contribution in [3.8, 4) is 0 Å². The van der Waals surface area contributed by atoms with Gasteiger partial charge in [-0.15, -0.1) is 0 Å². The molecule has 0 radical (unpaired) electrons. The van der Waals surface area contributed by atoms with E-state index in [9.17, 15) is 14.7 Å². The van der Waals surface area contributed by atoms with Crippen molar-refractivity contribution in [3.05, 3.63) is 20.8 Å². The van der Waals surface area contributed by atoms with Crippen LogP contribution in [0, 0.1) is 0 Å². The zero-order chi connectivity index (χ0) is 16.4. The molecule has 22 heavy (non-hydrogen) atoms. The molecule has 0 spiro atoms. The van der Waals surface area contributed by atoms with Crippen molar-refractivity contribution in [1.82, 2.24) is 19.1 Å². The molecule has 0 bridgehead atoms. The molecule has 0 amide bonds. The van der Waals surface area contributed by atoms with Crippen LogP contribution in [0.25, 0.3) is 11.2 Å². The van der Waals surface area contributed by atoms with Gasteiger partial charge in [0.25, 0.3) is 5.56 Å². The van der Waals surface area contributed by atoms with Crippen molar-refractivity contribution in [2.45, 2.75) is 32.6 Å². The van der Waals surface area contributed by atoms with Crippen molar-refractivity contribution >= 4 is 17.1 Å². The number of imidazole rings is 1. The van der Waals surface area contributed by atoms with Gasteiger partial charge in [0.1, 0.15) is 0 Å². The first-order valence-electron chi connectivity index (χ1n) is 7.02. The van der Waals surface area contributed by atoms with Gasteiger partial charge in [-0.05, 0) is 13.8 Å². The van der Waals surface area contributed by atoms with Crippen LogP contribution < -0.4 is 16.6 Å². The second-order valence-electron chi connectivity index (χ2n) is 5.32. The maximum absolute atomic E-state index is 12.1. The predicted molar refractivity (Wildman–Crippen MR) is 82.2 cm³/mol. The molecule has 0 saturated carbocycles. The van der Waals surface area contributed by atoms with Gasteiger partial charge in [0, 0.05) is 14.1 Å². The average molecular weight is 311 g/mol. The Morgan fingerprint density at radius 1 is 1.41 bits per heavy atom. The first kappa shape index (κ1) is 16.2. The minimum atomic E-state index is -0.802. The summed E-state index contributed by atoms with van der Waals surface area (Å²) in [6.45, 7) is 4.02. The smallest absolute Gasteiger partial charge is 0.329 e. The number of nitrogens with one attached hydrogen (secondary N) is 2. The number of aliphatic hydroxyl groups excluding tert-OH is 1. The third-order valence-electron chi connectivity index (χ3n) is 3.25. The molecule has 0 fully saturated rings. The number of aromatic nitrogens is 4. The Hall–Kier alpha value is -2.13. The lowest BCUT2D eigenvalue weighted by molar-refractivity contribution is -0.0000997. The molecule has 0 aliphatic carbocycles. The summed E-state index contributed by atoms with van der Waals surface area (Å²) in [4.78, 5) is 30.2. The Bertz CT molecular complexity index is 773. The minimum absolute atomic E-state index is 0.00202. The fraction of sp³-hybridized carbons (Fsp3) is 0.615. The van der Waals surface area contributed by atoms with E-state index in [1.165, 1.54) is 11.6 Å². The van der Waals surface area contributed by atoms with Gasteiger partial charge in [-0.2, -0.15) is 4.98 Å². The van der Waals surface area contributed by atoms with Gasteiger partial charge >= 0.3 is 5.69 Å². The van der Waals surface area contributed by atoms with E-state index < -0.39 is 17.4 Å². The SMILES string of the molecule is CNc1nc2c(c(=O)[nH]c(=O)n2C)n1CC(O)COC(C)C. The molecule has 9 heteroatoms. The zero-order valence-corrected chi connectivity index (χ0v) is 13.1. The third kappa shape index (κ3) is 3.04. The number of aliphatic hydroxyl groups is 1. The van der Waals surface area contributed by atoms with Crippen molar-refractivity contribution < 1.29 is 9.84 Å². The van der Waals surface area contributed by atoms with Crippen LogP contribution in [0.3, 0.4) is 0 Å². The van der Waals surface area contributed by atoms with Crippen molar-refractivity contribution in [1.29, 1.82) is 0 Å². The molecular weight excluding hydrogens is 290 g/mol. The van der Waals surface area contributed by atoms with E-state index >= 15 is 0 Å². The molecule has 2 aromatic rings. The molecule has 0 aliphatic rings. The molecule has 0 saturated heterocycles. The van der Waals surface area contributed by atoms with E-state index in [2.05, 4.69) is 15.3 Å². The number of ether oxygens (including phenoxy) is 1. The molecule has 2 rings (SSSR count). The first-order valence-corrected chi connectivity index (χ1v) is 7.02. The summed E-state index contributed by atoms with van der Waals surface area (Å²) in [5, 5.41) is 12.9. The normalized spacial score (nSPS) is 13.0. The second-order valence-corrected chi connectivity index (χ2v) is 5.32. The van der Waals surface area contributed by atoms with E-state index in [0.717, 1.165) is 0 Å². The largest absolute Gasteiger partial charge is 0.389 e. The summed E-state index contributed by atoms with van der Waals surface area (Å²) >= 11 is 0. The van der Waals surface area contributed by atoms with Crippen LogP contribution in [0.5, 0.6) is 0 Å². The Morgan fingerprint density at radius 2 is 2.09 bits per heavy atom. The van der Waals surface area contributed by atoms with Crippen LogP contribution in [-0.4, -0.2) is 50.1 Å². The number of hydrogen-bond acceptors (Lipinski definition) is 6. The molecule has 2 heterocycles. The topological polar surface area (TPSA) is 114 Å². The fourth-order valence-corrected chi connectivity index (χ4v) is 2.17. The zero-order valence-electron chi connectivity index (χ0n) is 13.1. The van der Waals surface area contributed by atoms with E-state index in [0.29, 0.717) is 5.95 Å². The summed E-state index contributed by atoms with van der Waals surface area (Å²) in [5.41, 5.74) is -0.581. The van der Waals surface area contributed by atoms with Crippen molar-refractivity contribution in [2.24, 2.45) is 7.05 Å². The van der Waals surface area contributed by atoms with E-state index in [4.69, 9.17) is 4.74 Å². The van der Waals surface area contributed by atoms with Gasteiger partial charge in [-0.25, -0.2) is 4.79 Å². The first-order chi connectivity index (χ1) is 10.3. The van der Waals surface area contributed by atoms with Crippen LogP contribution in [0.15, 0.2) is 9.59 Å². The van der Waals surface area contributed by atoms with Crippen LogP contribution in [0.1, 0.15) is 13.8 Å². The number of nitrogens with zero attached hydrogens (tertiary/aromatic N) is 3. The number of aryl methyl sites for hydroxylation is 1. The molecule has 3 N–H and O–H groups in total. The number of H-pyrrole nitrogens is 1. The van der Waals surface area contributed by atoms with Crippen LogP contribution >= 0.6 is 0 Å². The van der Waals surface area contributed by atoms with Crippen LogP contribution in [0.4, 0.5) is 5.95 Å². The van der Waals surface area contributed by atoms with Gasteiger partial charge in [-0.1, -0.05) is 0 Å². The number of hydrogen-bond donors (Lipinski definition) is 3. The van der Waals surface area contributed by atoms with Gasteiger partial charge in [0.15, 0.2) is 11.2 Å². The summed E-state index contributed by atoms with van der Waals surface area (Å²) in [6, 6.07) is 0. The molecule has 1 unspecified atom stereocenters. The number of rotatable bonds is 6. The van der Waals surface area contributed by atoms with E-state index in [1.54, 1.807) is 11.6 Å². The van der Waals surface area contributed by atoms with Gasteiger partial charge < -0.3 is 19.7 Å². The van der Waals surface area contributed by atoms with Crippen LogP contribution in [0.2, 0.25) is 0 Å². The summed E-state index contributed by atoms with van der Waals surface area (Å²) in [7, 11) is 3.18. The third-order valence-corrected chi connectivity index (χ3v) is 3.25. The van der Waals surface area contributed by atoms with Gasteiger partial charge in [0.05, 0.1) is 25.4 Å². The fourth-order valence-electron chi connectivity index (χ4n) is 2.17. The Balaban J connectivity index is 2.46. The predicted octanol–water partition coefficient (Wildman–Crippen LogP) is -0.749. The Kier molecular flexibility index (Phi) is 4.67. The molecular formula is C13H21N5O4. The highest BCUT2D eigenvalue weighted by Gasteiger charge is 2.19. The monoisotopic (exact) mass is 311 g/mol. The molecule has 1 atom stereocenters. The summed E-state index contributed by atoms with van der Waals surface area (Å²) in [6.07, 6.45) is -0.800. The molecule has 9 nitrogen and oxygen atoms in total. The standard InChI is InChI=1S/C13H21N5O4/c1-7(2)22-6-8(19)5-18-9-10(15-12(18)14-3)17(4)13(21)16-11(9)20/h7-8,19H,5-6H2,1-4H3,(H,14,15)(H,16,20,21). The minimum Gasteiger partial charge on any atom is -0.389 e. The van der Waals surface area contributed by atoms with Crippen molar-refractivity contribution in [3.63, 3.8) is 0 Å². The van der Waals surface area contributed by atoms with E-state index in [-0.39, 0.29) is 30.4 Å². The quantitative estimate of drug-likeness (QED) is 0.647. The van der Waals surface area contributed by atoms with Crippen molar-refractivity contribution in [2.75, 3.05) is 19.0 Å². The lowest BCUT2D eigenvalue weighted by atomic mass is 10.3. The Labute approximate surface area is 126 Å². The molecule has 0 aliphatic heterocycles. The molecule has 0 aromatic carbocycles. The maximum atomic E-state index is 12.1. The summed E-state index contributed by atoms with van der Waals surface area (Å²) < 4.78 is 8.16. The average Bonchev–Trinajstić information content (AvgIpc) is 2.82. The highest BCUT2D eigenvalue weighted by atomic mass is 16.5. The van der Waals surface area contributed by atoms with Gasteiger partial charge in [-0.3, -0.25) is 14.3 Å². The molecule has 122 valence electrons. The summed E-state index contributed by atoms with van der Waals surface area (Å²) in [5.74, 6) is 0.394. The van der Waals surface area contributed by atoms with E-state index in [1.807, 2.05) is 13.8 Å². The van der Waals surface area contributed by atoms with Gasteiger partial charge in [0.2, 0.25) is 5.95 Å². The molecule has 2 aromatic heterocycles. The number of aromatic amines is 1. The maximum Gasteiger partial charge on any atom is 0.329 e. The van der Waals surface area contributed by atoms with Crippen LogP contribution in [-0.2, 0) is 18.3 Å². The lowest BCUT2D eigenvalue weighted by Gasteiger charge is -2.15.